The average Bonchev–Trinajstić information content (AvgIpc) is 2.48. The molecule has 0 heterocycles. The number of sulfonamides is 1. The molecule has 22 heteroatoms. The predicted octanol–water partition coefficient (Wildman–Crippen LogP) is 4.41. The summed E-state index contributed by atoms with van der Waals surface area (Å²) in [6, 6.07) is 0. The molecule has 1 N–H and O–H groups in total. The number of likely N-dealkylation sites (N-methyl/N-ethyl adjacent to an activating group) is 1. The van der Waals surface area contributed by atoms with Gasteiger partial charge in [-0.15, -0.1) is 0 Å². The normalized spacial score (nSPS) is 16.5. The second-order valence-corrected chi connectivity index (χ2v) is 8.13. The minimum absolute atomic E-state index is 0.397. The molecule has 0 rings (SSSR count). The highest BCUT2D eigenvalue weighted by Crippen LogP contribution is 2.73. The smallest absolute Gasteiger partial charge is 0.395 e. The minimum Gasteiger partial charge on any atom is -0.395 e. The summed E-state index contributed by atoms with van der Waals surface area (Å²) in [5.41, 5.74) is -18.2. The summed E-state index contributed by atoms with van der Waals surface area (Å²) in [6.07, 6.45) is -34.4. The summed E-state index contributed by atoms with van der Waals surface area (Å²) < 4.78 is 248. The van der Waals surface area contributed by atoms with Gasteiger partial charge in [0, 0.05) is 13.6 Å². The standard InChI is InChI=1S/C11H8F17NO3S/c1-29(2-3-30)33(31,32)11(27,28)4(7(15,16)17,8(18,19)20)6(13,14)5(12,9(21,22)23)10(24,25)26/h30H,2-3H2,1H3. The first kappa shape index (κ1) is 31.7. The monoisotopic (exact) mass is 557 g/mol. The third-order valence-corrected chi connectivity index (χ3v) is 6.08. The van der Waals surface area contributed by atoms with Gasteiger partial charge in [0.25, 0.3) is 10.0 Å². The second kappa shape index (κ2) is 8.12. The molecular formula is C11H8F17NO3S. The number of hydrogen-bond acceptors (Lipinski definition) is 3. The van der Waals surface area contributed by atoms with Crippen molar-refractivity contribution >= 4 is 10.0 Å². The highest BCUT2D eigenvalue weighted by Gasteiger charge is 3.03. The Balaban J connectivity index is 8.22. The molecule has 0 fully saturated rings. The van der Waals surface area contributed by atoms with Gasteiger partial charge in [-0.3, -0.25) is 0 Å². The average molecular weight is 557 g/mol. The molecule has 4 nitrogen and oxygen atoms in total. The van der Waals surface area contributed by atoms with Gasteiger partial charge in [-0.2, -0.15) is 65.8 Å². The molecule has 0 saturated heterocycles. The van der Waals surface area contributed by atoms with Crippen LogP contribution in [0.1, 0.15) is 0 Å². The van der Waals surface area contributed by atoms with E-state index in [1.165, 1.54) is 0 Å². The number of rotatable bonds is 7. The Morgan fingerprint density at radius 2 is 0.939 bits per heavy atom. The molecule has 0 aliphatic carbocycles. The van der Waals surface area contributed by atoms with Crippen LogP contribution in [0.5, 0.6) is 0 Å². The van der Waals surface area contributed by atoms with Gasteiger partial charge in [0.15, 0.2) is 0 Å². The van der Waals surface area contributed by atoms with Crippen LogP contribution in [0.4, 0.5) is 74.6 Å². The first-order valence-electron chi connectivity index (χ1n) is 7.26. The molecule has 0 aliphatic rings. The van der Waals surface area contributed by atoms with E-state index in [1.807, 2.05) is 0 Å². The molecule has 0 spiro atoms. The fourth-order valence-corrected chi connectivity index (χ4v) is 3.91. The Morgan fingerprint density at radius 3 is 1.15 bits per heavy atom. The van der Waals surface area contributed by atoms with Crippen LogP contribution in [0, 0.1) is 5.41 Å². The molecule has 0 bridgehead atoms. The first-order chi connectivity index (χ1) is 14.0. The number of halogens is 17. The van der Waals surface area contributed by atoms with Crippen molar-refractivity contribution in [2.24, 2.45) is 5.41 Å². The second-order valence-electron chi connectivity index (χ2n) is 6.04. The van der Waals surface area contributed by atoms with Crippen LogP contribution in [-0.4, -0.2) is 79.6 Å². The largest absolute Gasteiger partial charge is 0.437 e. The maximum atomic E-state index is 14.4. The van der Waals surface area contributed by atoms with Crippen molar-refractivity contribution in [3.63, 3.8) is 0 Å². The molecule has 0 amide bonds. The van der Waals surface area contributed by atoms with Gasteiger partial charge in [-0.25, -0.2) is 21.6 Å². The van der Waals surface area contributed by atoms with Crippen molar-refractivity contribution in [3.05, 3.63) is 0 Å². The molecule has 0 saturated carbocycles. The van der Waals surface area contributed by atoms with Gasteiger partial charge >= 0.3 is 47.0 Å². The number of alkyl halides is 17. The lowest BCUT2D eigenvalue weighted by Gasteiger charge is -2.50. The van der Waals surface area contributed by atoms with Crippen LogP contribution in [0.25, 0.3) is 0 Å². The zero-order valence-corrected chi connectivity index (χ0v) is 15.8. The lowest BCUT2D eigenvalue weighted by molar-refractivity contribution is -0.493. The topological polar surface area (TPSA) is 57.6 Å². The highest BCUT2D eigenvalue weighted by atomic mass is 32.2. The number of aliphatic hydroxyl groups is 1. The Labute approximate surface area is 171 Å². The van der Waals surface area contributed by atoms with E-state index in [0.29, 0.717) is 0 Å². The van der Waals surface area contributed by atoms with Gasteiger partial charge in [0.2, 0.25) is 0 Å². The molecule has 0 atom stereocenters. The van der Waals surface area contributed by atoms with Crippen LogP contribution in [0.15, 0.2) is 0 Å². The summed E-state index contributed by atoms with van der Waals surface area (Å²) in [5.74, 6) is -9.36. The van der Waals surface area contributed by atoms with Crippen LogP contribution < -0.4 is 0 Å². The van der Waals surface area contributed by atoms with Crippen molar-refractivity contribution in [1.29, 1.82) is 0 Å². The van der Waals surface area contributed by atoms with Gasteiger partial charge in [0.1, 0.15) is 0 Å². The lowest BCUT2D eigenvalue weighted by Crippen LogP contribution is -2.81. The van der Waals surface area contributed by atoms with E-state index in [-0.39, 0.29) is 0 Å². The first-order valence-corrected chi connectivity index (χ1v) is 8.70. The van der Waals surface area contributed by atoms with E-state index in [0.717, 1.165) is 0 Å². The fourth-order valence-electron chi connectivity index (χ4n) is 2.45. The van der Waals surface area contributed by atoms with Gasteiger partial charge in [-0.1, -0.05) is 0 Å². The third-order valence-electron chi connectivity index (χ3n) is 4.12. The van der Waals surface area contributed by atoms with Crippen LogP contribution >= 0.6 is 0 Å². The van der Waals surface area contributed by atoms with E-state index < -0.39 is 81.5 Å². The van der Waals surface area contributed by atoms with Crippen molar-refractivity contribution in [2.75, 3.05) is 20.2 Å². The molecule has 33 heavy (non-hydrogen) atoms. The molecule has 0 unspecified atom stereocenters. The Bertz CT molecular complexity index is 778. The van der Waals surface area contributed by atoms with E-state index in [1.54, 1.807) is 0 Å². The van der Waals surface area contributed by atoms with Gasteiger partial charge < -0.3 is 5.11 Å². The number of aliphatic hydroxyl groups excluding tert-OH is 1. The summed E-state index contributed by atoms with van der Waals surface area (Å²) in [5, 5.41) is 0.0124. The van der Waals surface area contributed by atoms with Crippen molar-refractivity contribution in [2.45, 2.75) is 41.6 Å². The van der Waals surface area contributed by atoms with Crippen LogP contribution in [-0.2, 0) is 10.0 Å². The van der Waals surface area contributed by atoms with Gasteiger partial charge in [-0.05, 0) is 0 Å². The number of nitrogens with zero attached hydrogens (tertiary/aromatic N) is 1. The van der Waals surface area contributed by atoms with Gasteiger partial charge in [0.05, 0.1) is 6.61 Å². The van der Waals surface area contributed by atoms with Crippen LogP contribution in [0.3, 0.4) is 0 Å². The molecule has 0 aromatic carbocycles. The highest BCUT2D eigenvalue weighted by molar-refractivity contribution is 7.90. The zero-order valence-electron chi connectivity index (χ0n) is 15.0. The Morgan fingerprint density at radius 1 is 0.636 bits per heavy atom. The summed E-state index contributed by atoms with van der Waals surface area (Å²) in [4.78, 5) is 0. The lowest BCUT2D eigenvalue weighted by atomic mass is 9.71. The summed E-state index contributed by atoms with van der Waals surface area (Å²) in [6.45, 7) is -3.63. The molecule has 0 aromatic rings. The Kier molecular flexibility index (Phi) is 7.80. The van der Waals surface area contributed by atoms with Crippen molar-refractivity contribution in [3.8, 4) is 0 Å². The summed E-state index contributed by atoms with van der Waals surface area (Å²) >= 11 is 0. The zero-order chi connectivity index (χ0) is 27.5. The maximum absolute atomic E-state index is 14.4. The van der Waals surface area contributed by atoms with E-state index in [4.69, 9.17) is 5.11 Å². The Hall–Kier alpha value is -1.32. The maximum Gasteiger partial charge on any atom is 0.437 e. The number of hydrogen-bond donors (Lipinski definition) is 1. The van der Waals surface area contributed by atoms with Crippen molar-refractivity contribution in [1.82, 2.24) is 4.31 Å². The molecule has 0 radical (unpaired) electrons. The summed E-state index contributed by atoms with van der Waals surface area (Å²) in [7, 11) is -8.34. The fraction of sp³-hybridized carbons (Fsp3) is 1.00. The van der Waals surface area contributed by atoms with E-state index in [9.17, 15) is 83.1 Å². The third kappa shape index (κ3) is 3.97. The quantitative estimate of drug-likeness (QED) is 0.473. The molecule has 200 valence electrons. The molecular weight excluding hydrogens is 549 g/mol. The molecule has 0 aliphatic heterocycles. The van der Waals surface area contributed by atoms with Crippen molar-refractivity contribution < 1.29 is 88.2 Å². The van der Waals surface area contributed by atoms with Crippen LogP contribution in [0.2, 0.25) is 0 Å². The minimum atomic E-state index is -9.36. The SMILES string of the molecule is CN(CCO)S(=O)(=O)C(F)(F)C(C(F)(F)F)(C(F)(F)F)C(F)(F)C(F)(C(F)(F)F)C(F)(F)F. The molecule has 0 aromatic heterocycles. The van der Waals surface area contributed by atoms with E-state index >= 15 is 0 Å². The predicted molar refractivity (Wildman–Crippen MR) is 69.0 cm³/mol. The van der Waals surface area contributed by atoms with E-state index in [2.05, 4.69) is 0 Å².